The van der Waals surface area contributed by atoms with Crippen molar-refractivity contribution in [3.05, 3.63) is 30.1 Å². The van der Waals surface area contributed by atoms with Crippen LogP contribution in [0.25, 0.3) is 5.65 Å². The van der Waals surface area contributed by atoms with E-state index in [1.54, 1.807) is 0 Å². The maximum absolute atomic E-state index is 9.83. The van der Waals surface area contributed by atoms with Gasteiger partial charge in [-0.15, -0.1) is 0 Å². The molecule has 2 unspecified atom stereocenters. The van der Waals surface area contributed by atoms with E-state index in [0.29, 0.717) is 6.54 Å². The number of imidazole rings is 1. The second-order valence-corrected chi connectivity index (χ2v) is 5.29. The summed E-state index contributed by atoms with van der Waals surface area (Å²) in [5, 5.41) is 9.83. The van der Waals surface area contributed by atoms with E-state index in [0.717, 1.165) is 36.7 Å². The maximum Gasteiger partial charge on any atom is 0.152 e. The number of hydrogen-bond acceptors (Lipinski definition) is 4. The Bertz CT molecular complexity index is 580. The number of aliphatic hydroxyl groups excluding tert-OH is 1. The fourth-order valence-electron chi connectivity index (χ4n) is 2.80. The van der Waals surface area contributed by atoms with Crippen molar-refractivity contribution in [2.75, 3.05) is 18.0 Å². The molecule has 0 saturated carbocycles. The Morgan fingerprint density at radius 1 is 1.47 bits per heavy atom. The molecular formula is C14H20N4O. The minimum Gasteiger partial charge on any atom is -0.393 e. The van der Waals surface area contributed by atoms with Crippen molar-refractivity contribution in [1.82, 2.24) is 9.38 Å². The largest absolute Gasteiger partial charge is 0.393 e. The van der Waals surface area contributed by atoms with Crippen LogP contribution in [0.1, 0.15) is 19.0 Å². The normalized spacial score (nSPS) is 24.1. The van der Waals surface area contributed by atoms with Crippen LogP contribution in [0.5, 0.6) is 0 Å². The molecule has 2 atom stereocenters. The molecule has 1 aliphatic rings. The van der Waals surface area contributed by atoms with Gasteiger partial charge in [0.2, 0.25) is 0 Å². The molecule has 0 spiro atoms. The number of piperidine rings is 1. The number of aromatic nitrogens is 2. The molecular weight excluding hydrogens is 240 g/mol. The van der Waals surface area contributed by atoms with E-state index in [2.05, 4.69) is 11.8 Å². The smallest absolute Gasteiger partial charge is 0.152 e. The number of pyridine rings is 1. The summed E-state index contributed by atoms with van der Waals surface area (Å²) in [5.74, 6) is 1.23. The first-order valence-corrected chi connectivity index (χ1v) is 6.79. The molecule has 3 rings (SSSR count). The van der Waals surface area contributed by atoms with Gasteiger partial charge < -0.3 is 20.1 Å². The topological polar surface area (TPSA) is 66.8 Å². The van der Waals surface area contributed by atoms with Crippen molar-refractivity contribution in [3.8, 4) is 0 Å². The van der Waals surface area contributed by atoms with Crippen molar-refractivity contribution in [2.45, 2.75) is 26.0 Å². The predicted octanol–water partition coefficient (Wildman–Crippen LogP) is 1.00. The molecule has 0 radical (unpaired) electrons. The lowest BCUT2D eigenvalue weighted by atomic mass is 9.97. The van der Waals surface area contributed by atoms with Crippen molar-refractivity contribution < 1.29 is 5.11 Å². The number of nitrogens with two attached hydrogens (primary N) is 1. The monoisotopic (exact) mass is 260 g/mol. The number of anilines is 1. The third kappa shape index (κ3) is 2.09. The van der Waals surface area contributed by atoms with Gasteiger partial charge in [-0.05, 0) is 24.5 Å². The predicted molar refractivity (Wildman–Crippen MR) is 75.1 cm³/mol. The Morgan fingerprint density at radius 2 is 2.32 bits per heavy atom. The summed E-state index contributed by atoms with van der Waals surface area (Å²) >= 11 is 0. The van der Waals surface area contributed by atoms with Crippen LogP contribution in [0.3, 0.4) is 0 Å². The number of rotatable bonds is 2. The van der Waals surface area contributed by atoms with Gasteiger partial charge in [0, 0.05) is 25.8 Å². The Balaban J connectivity index is 2.00. The number of hydrogen-bond donors (Lipinski definition) is 2. The molecule has 2 aromatic rings. The minimum atomic E-state index is -0.199. The lowest BCUT2D eigenvalue weighted by molar-refractivity contribution is 0.0968. The summed E-state index contributed by atoms with van der Waals surface area (Å²) in [5.41, 5.74) is 7.86. The molecule has 3 N–H and O–H groups in total. The first kappa shape index (κ1) is 12.4. The zero-order chi connectivity index (χ0) is 13.4. The fourth-order valence-corrected chi connectivity index (χ4v) is 2.80. The second kappa shape index (κ2) is 4.83. The van der Waals surface area contributed by atoms with Gasteiger partial charge in [0.15, 0.2) is 5.82 Å². The Kier molecular flexibility index (Phi) is 3.16. The lowest BCUT2D eigenvalue weighted by Crippen LogP contribution is -2.42. The molecule has 5 nitrogen and oxygen atoms in total. The fraction of sp³-hybridized carbons (Fsp3) is 0.500. The molecule has 5 heteroatoms. The molecule has 0 aliphatic carbocycles. The molecule has 19 heavy (non-hydrogen) atoms. The van der Waals surface area contributed by atoms with Crippen LogP contribution in [0, 0.1) is 5.92 Å². The van der Waals surface area contributed by atoms with Gasteiger partial charge in [0.1, 0.15) is 5.65 Å². The molecule has 0 aromatic carbocycles. The molecule has 1 aliphatic heterocycles. The Morgan fingerprint density at radius 3 is 3.05 bits per heavy atom. The molecule has 1 saturated heterocycles. The van der Waals surface area contributed by atoms with Crippen LogP contribution >= 0.6 is 0 Å². The third-order valence-electron chi connectivity index (χ3n) is 3.96. The van der Waals surface area contributed by atoms with Gasteiger partial charge in [-0.25, -0.2) is 4.98 Å². The SMILES string of the molecule is CC1CN(c2nc3ccccn3c2CN)CCC1O. The highest BCUT2D eigenvalue weighted by Gasteiger charge is 2.27. The molecule has 3 heterocycles. The molecule has 0 bridgehead atoms. The van der Waals surface area contributed by atoms with Crippen molar-refractivity contribution in [1.29, 1.82) is 0 Å². The number of aliphatic hydroxyl groups is 1. The van der Waals surface area contributed by atoms with E-state index < -0.39 is 0 Å². The summed E-state index contributed by atoms with van der Waals surface area (Å²) in [4.78, 5) is 6.94. The van der Waals surface area contributed by atoms with Gasteiger partial charge in [0.25, 0.3) is 0 Å². The van der Waals surface area contributed by atoms with Crippen LogP contribution in [0.2, 0.25) is 0 Å². The van der Waals surface area contributed by atoms with E-state index in [4.69, 9.17) is 10.7 Å². The summed E-state index contributed by atoms with van der Waals surface area (Å²) in [7, 11) is 0. The van der Waals surface area contributed by atoms with Crippen molar-refractivity contribution in [2.24, 2.45) is 11.7 Å². The zero-order valence-electron chi connectivity index (χ0n) is 11.2. The van der Waals surface area contributed by atoms with Crippen LogP contribution in [-0.2, 0) is 6.54 Å². The number of nitrogens with zero attached hydrogens (tertiary/aromatic N) is 3. The average Bonchev–Trinajstić information content (AvgIpc) is 2.80. The van der Waals surface area contributed by atoms with Crippen molar-refractivity contribution >= 4 is 11.5 Å². The zero-order valence-corrected chi connectivity index (χ0v) is 11.2. The Labute approximate surface area is 112 Å². The highest BCUT2D eigenvalue weighted by Crippen LogP contribution is 2.26. The standard InChI is InChI=1S/C14H20N4O/c1-10-9-17(7-5-12(10)19)14-11(8-15)18-6-3-2-4-13(18)16-14/h2-4,6,10,12,19H,5,7-9,15H2,1H3. The van der Waals surface area contributed by atoms with Crippen LogP contribution < -0.4 is 10.6 Å². The van der Waals surface area contributed by atoms with Crippen LogP contribution in [0.15, 0.2) is 24.4 Å². The quantitative estimate of drug-likeness (QED) is 0.845. The van der Waals surface area contributed by atoms with Gasteiger partial charge in [-0.2, -0.15) is 0 Å². The first-order valence-electron chi connectivity index (χ1n) is 6.79. The summed E-state index contributed by atoms with van der Waals surface area (Å²) in [6, 6.07) is 5.96. The van der Waals surface area contributed by atoms with Crippen LogP contribution in [0.4, 0.5) is 5.82 Å². The highest BCUT2D eigenvalue weighted by molar-refractivity contribution is 5.56. The number of fused-ring (bicyclic) bond motifs is 1. The first-order chi connectivity index (χ1) is 9.20. The van der Waals surface area contributed by atoms with Gasteiger partial charge in [-0.3, -0.25) is 0 Å². The van der Waals surface area contributed by atoms with E-state index in [9.17, 15) is 5.11 Å². The molecule has 2 aromatic heterocycles. The highest BCUT2D eigenvalue weighted by atomic mass is 16.3. The third-order valence-corrected chi connectivity index (χ3v) is 3.96. The summed E-state index contributed by atoms with van der Waals surface area (Å²) < 4.78 is 2.05. The van der Waals surface area contributed by atoms with E-state index >= 15 is 0 Å². The van der Waals surface area contributed by atoms with E-state index in [-0.39, 0.29) is 12.0 Å². The second-order valence-electron chi connectivity index (χ2n) is 5.29. The van der Waals surface area contributed by atoms with Crippen LogP contribution in [-0.4, -0.2) is 33.7 Å². The Hall–Kier alpha value is -1.59. The summed E-state index contributed by atoms with van der Waals surface area (Å²) in [6.07, 6.45) is 2.59. The van der Waals surface area contributed by atoms with E-state index in [1.165, 1.54) is 0 Å². The summed E-state index contributed by atoms with van der Waals surface area (Å²) in [6.45, 7) is 4.21. The molecule has 102 valence electrons. The lowest BCUT2D eigenvalue weighted by Gasteiger charge is -2.35. The average molecular weight is 260 g/mol. The maximum atomic E-state index is 9.83. The van der Waals surface area contributed by atoms with Gasteiger partial charge >= 0.3 is 0 Å². The molecule has 1 fully saturated rings. The minimum absolute atomic E-state index is 0.199. The van der Waals surface area contributed by atoms with Gasteiger partial charge in [-0.1, -0.05) is 13.0 Å². The molecule has 0 amide bonds. The van der Waals surface area contributed by atoms with Crippen molar-refractivity contribution in [3.63, 3.8) is 0 Å². The van der Waals surface area contributed by atoms with Gasteiger partial charge in [0.05, 0.1) is 11.8 Å². The van der Waals surface area contributed by atoms with E-state index in [1.807, 2.05) is 28.8 Å².